The fourth-order valence-corrected chi connectivity index (χ4v) is 2.52. The second-order valence-corrected chi connectivity index (χ2v) is 5.48. The molecule has 2 amide bonds. The van der Waals surface area contributed by atoms with Gasteiger partial charge in [0.1, 0.15) is 0 Å². The number of amides is 2. The molecule has 0 aliphatic carbocycles. The van der Waals surface area contributed by atoms with E-state index >= 15 is 0 Å². The predicted molar refractivity (Wildman–Crippen MR) is 78.0 cm³/mol. The number of hydrogen-bond acceptors (Lipinski definition) is 3. The number of piperazine rings is 1. The minimum absolute atomic E-state index is 0.0385. The standard InChI is InChI=1S/C14H15ClF3N3O2/c15-11-2-1-9(14(16,17)18)7-10(11)13(23)21-5-3-20(4-6-21)12(22)8-19/h1-2,7H,3-6,8,19H2. The zero-order chi connectivity index (χ0) is 17.2. The summed E-state index contributed by atoms with van der Waals surface area (Å²) in [5.74, 6) is -0.810. The molecule has 23 heavy (non-hydrogen) atoms. The van der Waals surface area contributed by atoms with Crippen molar-refractivity contribution < 1.29 is 22.8 Å². The van der Waals surface area contributed by atoms with E-state index in [4.69, 9.17) is 17.3 Å². The van der Waals surface area contributed by atoms with Gasteiger partial charge in [0.2, 0.25) is 5.91 Å². The molecule has 1 aromatic carbocycles. The van der Waals surface area contributed by atoms with Gasteiger partial charge in [-0.15, -0.1) is 0 Å². The molecule has 1 heterocycles. The van der Waals surface area contributed by atoms with Crippen LogP contribution in [0.5, 0.6) is 0 Å². The molecule has 5 nitrogen and oxygen atoms in total. The minimum atomic E-state index is -4.55. The first kappa shape index (κ1) is 17.6. The van der Waals surface area contributed by atoms with Gasteiger partial charge in [0.05, 0.1) is 22.7 Å². The lowest BCUT2D eigenvalue weighted by Crippen LogP contribution is -2.52. The average Bonchev–Trinajstić information content (AvgIpc) is 2.53. The van der Waals surface area contributed by atoms with Crippen LogP contribution in [0, 0.1) is 0 Å². The molecule has 0 unspecified atom stereocenters. The summed E-state index contributed by atoms with van der Waals surface area (Å²) in [6.07, 6.45) is -4.55. The van der Waals surface area contributed by atoms with Crippen molar-refractivity contribution in [2.24, 2.45) is 5.73 Å². The van der Waals surface area contributed by atoms with Crippen LogP contribution in [0.3, 0.4) is 0 Å². The highest BCUT2D eigenvalue weighted by atomic mass is 35.5. The maximum atomic E-state index is 12.8. The number of alkyl halides is 3. The van der Waals surface area contributed by atoms with Gasteiger partial charge in [-0.05, 0) is 18.2 Å². The molecule has 0 aromatic heterocycles. The predicted octanol–water partition coefficient (Wildman–Crippen LogP) is 1.60. The molecule has 0 bridgehead atoms. The normalized spacial score (nSPS) is 15.7. The number of halogens is 4. The van der Waals surface area contributed by atoms with Crippen LogP contribution in [-0.4, -0.2) is 54.3 Å². The van der Waals surface area contributed by atoms with Crippen molar-refractivity contribution >= 4 is 23.4 Å². The van der Waals surface area contributed by atoms with Crippen molar-refractivity contribution in [1.82, 2.24) is 9.80 Å². The van der Waals surface area contributed by atoms with Crippen LogP contribution in [0.4, 0.5) is 13.2 Å². The Balaban J connectivity index is 2.14. The maximum absolute atomic E-state index is 12.8. The Hall–Kier alpha value is -1.80. The van der Waals surface area contributed by atoms with Gasteiger partial charge in [0.15, 0.2) is 0 Å². The zero-order valence-electron chi connectivity index (χ0n) is 12.1. The molecule has 1 aliphatic heterocycles. The minimum Gasteiger partial charge on any atom is -0.338 e. The molecular weight excluding hydrogens is 335 g/mol. The van der Waals surface area contributed by atoms with Gasteiger partial charge in [0.25, 0.3) is 5.91 Å². The van der Waals surface area contributed by atoms with Crippen molar-refractivity contribution in [1.29, 1.82) is 0 Å². The lowest BCUT2D eigenvalue weighted by molar-refractivity contribution is -0.137. The van der Waals surface area contributed by atoms with Gasteiger partial charge < -0.3 is 15.5 Å². The Kier molecular flexibility index (Phi) is 5.16. The van der Waals surface area contributed by atoms with Crippen molar-refractivity contribution in [3.8, 4) is 0 Å². The molecule has 1 fully saturated rings. The average molecular weight is 350 g/mol. The van der Waals surface area contributed by atoms with Crippen LogP contribution in [-0.2, 0) is 11.0 Å². The van der Waals surface area contributed by atoms with E-state index in [0.717, 1.165) is 18.2 Å². The van der Waals surface area contributed by atoms with Gasteiger partial charge in [-0.3, -0.25) is 9.59 Å². The number of carbonyl (C=O) groups is 2. The van der Waals surface area contributed by atoms with Gasteiger partial charge in [-0.2, -0.15) is 13.2 Å². The van der Waals surface area contributed by atoms with Crippen LogP contribution in [0.1, 0.15) is 15.9 Å². The SMILES string of the molecule is NCC(=O)N1CCN(C(=O)c2cc(C(F)(F)F)ccc2Cl)CC1. The third-order valence-corrected chi connectivity index (χ3v) is 3.95. The number of rotatable bonds is 2. The van der Waals surface area contributed by atoms with E-state index in [1.54, 1.807) is 0 Å². The summed E-state index contributed by atoms with van der Waals surface area (Å²) < 4.78 is 38.3. The fraction of sp³-hybridized carbons (Fsp3) is 0.429. The molecule has 0 atom stereocenters. The molecule has 0 spiro atoms. The molecule has 126 valence electrons. The first-order chi connectivity index (χ1) is 10.7. The maximum Gasteiger partial charge on any atom is 0.416 e. The Morgan fingerprint density at radius 2 is 1.70 bits per heavy atom. The fourth-order valence-electron chi connectivity index (χ4n) is 2.32. The number of hydrogen-bond donors (Lipinski definition) is 1. The summed E-state index contributed by atoms with van der Waals surface area (Å²) in [4.78, 5) is 26.8. The molecule has 2 N–H and O–H groups in total. The van der Waals surface area contributed by atoms with Crippen molar-refractivity contribution in [3.05, 3.63) is 34.3 Å². The molecular formula is C14H15ClF3N3O2. The molecule has 0 radical (unpaired) electrons. The monoisotopic (exact) mass is 349 g/mol. The van der Waals surface area contributed by atoms with Crippen LogP contribution in [0.15, 0.2) is 18.2 Å². The van der Waals surface area contributed by atoms with E-state index in [1.165, 1.54) is 9.80 Å². The molecule has 2 rings (SSSR count). The van der Waals surface area contributed by atoms with Crippen molar-refractivity contribution in [2.45, 2.75) is 6.18 Å². The molecule has 9 heteroatoms. The van der Waals surface area contributed by atoms with E-state index in [1.807, 2.05) is 0 Å². The van der Waals surface area contributed by atoms with Gasteiger partial charge in [-0.1, -0.05) is 11.6 Å². The van der Waals surface area contributed by atoms with Crippen molar-refractivity contribution in [2.75, 3.05) is 32.7 Å². The summed E-state index contributed by atoms with van der Waals surface area (Å²) in [7, 11) is 0. The van der Waals surface area contributed by atoms with E-state index in [2.05, 4.69) is 0 Å². The summed E-state index contributed by atoms with van der Waals surface area (Å²) in [6.45, 7) is 0.901. The highest BCUT2D eigenvalue weighted by molar-refractivity contribution is 6.33. The van der Waals surface area contributed by atoms with Gasteiger partial charge >= 0.3 is 6.18 Å². The van der Waals surface area contributed by atoms with Crippen LogP contribution < -0.4 is 5.73 Å². The molecule has 1 aliphatic rings. The number of carbonyl (C=O) groups excluding carboxylic acids is 2. The Bertz CT molecular complexity index is 614. The lowest BCUT2D eigenvalue weighted by atomic mass is 10.1. The second kappa shape index (κ2) is 6.76. The van der Waals surface area contributed by atoms with E-state index < -0.39 is 17.6 Å². The van der Waals surface area contributed by atoms with E-state index in [-0.39, 0.29) is 36.1 Å². The smallest absolute Gasteiger partial charge is 0.338 e. The molecule has 0 saturated carbocycles. The van der Waals surface area contributed by atoms with E-state index in [9.17, 15) is 22.8 Å². The second-order valence-electron chi connectivity index (χ2n) is 5.07. The third-order valence-electron chi connectivity index (χ3n) is 3.62. The molecule has 1 aromatic rings. The summed E-state index contributed by atoms with van der Waals surface area (Å²) in [5.41, 5.74) is 4.15. The van der Waals surface area contributed by atoms with Gasteiger partial charge in [0, 0.05) is 26.2 Å². The zero-order valence-corrected chi connectivity index (χ0v) is 12.8. The van der Waals surface area contributed by atoms with Crippen LogP contribution in [0.2, 0.25) is 5.02 Å². The first-order valence-corrected chi connectivity index (χ1v) is 7.25. The topological polar surface area (TPSA) is 66.6 Å². The summed E-state index contributed by atoms with van der Waals surface area (Å²) in [6, 6.07) is 2.64. The largest absolute Gasteiger partial charge is 0.416 e. The highest BCUT2D eigenvalue weighted by Crippen LogP contribution is 2.32. The van der Waals surface area contributed by atoms with Crippen LogP contribution in [0.25, 0.3) is 0 Å². The Morgan fingerprint density at radius 3 is 2.22 bits per heavy atom. The van der Waals surface area contributed by atoms with Gasteiger partial charge in [-0.25, -0.2) is 0 Å². The van der Waals surface area contributed by atoms with Crippen LogP contribution >= 0.6 is 11.6 Å². The highest BCUT2D eigenvalue weighted by Gasteiger charge is 2.33. The third kappa shape index (κ3) is 3.94. The Morgan fingerprint density at radius 1 is 1.13 bits per heavy atom. The number of benzene rings is 1. The quantitative estimate of drug-likeness (QED) is 0.882. The first-order valence-electron chi connectivity index (χ1n) is 6.88. The summed E-state index contributed by atoms with van der Waals surface area (Å²) >= 11 is 5.87. The number of nitrogens with zero attached hydrogens (tertiary/aromatic N) is 2. The number of nitrogens with two attached hydrogens (primary N) is 1. The molecule has 1 saturated heterocycles. The van der Waals surface area contributed by atoms with Crippen molar-refractivity contribution in [3.63, 3.8) is 0 Å². The lowest BCUT2D eigenvalue weighted by Gasteiger charge is -2.34. The Labute approximate surface area is 135 Å². The van der Waals surface area contributed by atoms with E-state index in [0.29, 0.717) is 13.1 Å². The summed E-state index contributed by atoms with van der Waals surface area (Å²) in [5, 5.41) is -0.0385.